The minimum atomic E-state index is -0.492. The number of halogens is 2. The number of benzene rings is 2. The van der Waals surface area contributed by atoms with Crippen LogP contribution in [0.1, 0.15) is 12.8 Å². The van der Waals surface area contributed by atoms with Crippen molar-refractivity contribution < 1.29 is 4.39 Å². The van der Waals surface area contributed by atoms with E-state index in [1.165, 1.54) is 12.4 Å². The molecule has 0 spiro atoms. The summed E-state index contributed by atoms with van der Waals surface area (Å²) in [6.45, 7) is 2.07. The summed E-state index contributed by atoms with van der Waals surface area (Å²) in [6, 6.07) is 11.5. The van der Waals surface area contributed by atoms with Crippen LogP contribution in [0.4, 0.5) is 21.6 Å². The highest BCUT2D eigenvalue weighted by Crippen LogP contribution is 2.30. The second-order valence-corrected chi connectivity index (χ2v) is 7.15. The zero-order chi connectivity index (χ0) is 18.8. The van der Waals surface area contributed by atoms with E-state index < -0.39 is 5.82 Å². The van der Waals surface area contributed by atoms with Gasteiger partial charge in [0.2, 0.25) is 0 Å². The number of nitrogens with one attached hydrogen (secondary N) is 2. The van der Waals surface area contributed by atoms with E-state index >= 15 is 0 Å². The Morgan fingerprint density at radius 3 is 2.81 bits per heavy atom. The Bertz CT molecular complexity index is 958. The van der Waals surface area contributed by atoms with Gasteiger partial charge in [-0.2, -0.15) is 0 Å². The summed E-state index contributed by atoms with van der Waals surface area (Å²) in [4.78, 5) is 11.0. The van der Waals surface area contributed by atoms with Crippen LogP contribution in [0.3, 0.4) is 0 Å². The highest BCUT2D eigenvalue weighted by atomic mass is 35.5. The summed E-state index contributed by atoms with van der Waals surface area (Å²) in [5.74, 6) is 0.0654. The number of piperidine rings is 1. The molecule has 1 fully saturated rings. The van der Waals surface area contributed by atoms with Gasteiger partial charge in [0.05, 0.1) is 16.2 Å². The van der Waals surface area contributed by atoms with E-state index in [-0.39, 0.29) is 5.02 Å². The fraction of sp³-hybridized carbons (Fsp3) is 0.300. The molecule has 0 unspecified atom stereocenters. The first-order valence-corrected chi connectivity index (χ1v) is 9.40. The topological polar surface area (TPSA) is 53.1 Å². The van der Waals surface area contributed by atoms with Crippen LogP contribution in [-0.2, 0) is 0 Å². The van der Waals surface area contributed by atoms with Crippen molar-refractivity contribution in [2.24, 2.45) is 0 Å². The molecular weight excluding hydrogens is 365 g/mol. The molecule has 2 aromatic carbocycles. The molecule has 140 valence electrons. The van der Waals surface area contributed by atoms with Gasteiger partial charge in [-0.15, -0.1) is 0 Å². The molecule has 0 amide bonds. The van der Waals surface area contributed by atoms with Gasteiger partial charge in [-0.05, 0) is 56.3 Å². The van der Waals surface area contributed by atoms with E-state index in [0.29, 0.717) is 17.5 Å². The first-order valence-electron chi connectivity index (χ1n) is 9.03. The van der Waals surface area contributed by atoms with Crippen LogP contribution in [0, 0.1) is 5.82 Å². The van der Waals surface area contributed by atoms with Crippen LogP contribution in [-0.4, -0.2) is 36.1 Å². The average Bonchev–Trinajstić information content (AvgIpc) is 2.71. The Morgan fingerprint density at radius 2 is 2.00 bits per heavy atom. The molecule has 7 heteroatoms. The molecule has 1 aliphatic rings. The zero-order valence-corrected chi connectivity index (χ0v) is 15.8. The Morgan fingerprint density at radius 1 is 1.19 bits per heavy atom. The van der Waals surface area contributed by atoms with E-state index in [2.05, 4.69) is 44.7 Å². The largest absolute Gasteiger partial charge is 0.371 e. The van der Waals surface area contributed by atoms with Crippen molar-refractivity contribution in [2.45, 2.75) is 18.9 Å². The summed E-state index contributed by atoms with van der Waals surface area (Å²) in [5, 5.41) is 7.37. The van der Waals surface area contributed by atoms with Crippen LogP contribution in [0.15, 0.2) is 42.7 Å². The predicted octanol–water partition coefficient (Wildman–Crippen LogP) is 4.35. The molecule has 0 aliphatic carbocycles. The smallest absolute Gasteiger partial charge is 0.165 e. The standard InChI is InChI=1S/C20H21ClFN5/c1-27(13-7-9-23-10-8-13)14-5-6-17-15(11-14)20(25-12-24-17)26-18-4-2-3-16(21)19(18)22/h2-6,11-13,23H,7-10H2,1H3,(H,24,25,26). The Hall–Kier alpha value is -2.44. The minimum absolute atomic E-state index is 0.0738. The summed E-state index contributed by atoms with van der Waals surface area (Å²) < 4.78 is 14.3. The fourth-order valence-electron chi connectivity index (χ4n) is 3.50. The van der Waals surface area contributed by atoms with Gasteiger partial charge in [-0.25, -0.2) is 14.4 Å². The third kappa shape index (κ3) is 3.68. The molecule has 1 aromatic heterocycles. The predicted molar refractivity (Wildman–Crippen MR) is 109 cm³/mol. The molecule has 1 aliphatic heterocycles. The number of hydrogen-bond donors (Lipinski definition) is 2. The highest BCUT2D eigenvalue weighted by molar-refractivity contribution is 6.31. The van der Waals surface area contributed by atoms with E-state index in [9.17, 15) is 4.39 Å². The van der Waals surface area contributed by atoms with Crippen LogP contribution >= 0.6 is 11.6 Å². The number of anilines is 3. The van der Waals surface area contributed by atoms with Gasteiger partial charge in [0.1, 0.15) is 12.1 Å². The van der Waals surface area contributed by atoms with E-state index in [0.717, 1.165) is 42.5 Å². The van der Waals surface area contributed by atoms with Crippen molar-refractivity contribution in [3.63, 3.8) is 0 Å². The van der Waals surface area contributed by atoms with Crippen molar-refractivity contribution in [3.8, 4) is 0 Å². The summed E-state index contributed by atoms with van der Waals surface area (Å²) in [5.41, 5.74) is 2.19. The van der Waals surface area contributed by atoms with Crippen molar-refractivity contribution in [2.75, 3.05) is 30.4 Å². The maximum Gasteiger partial charge on any atom is 0.165 e. The van der Waals surface area contributed by atoms with E-state index in [1.54, 1.807) is 12.1 Å². The Labute approximate surface area is 162 Å². The normalized spacial score (nSPS) is 15.1. The number of rotatable bonds is 4. The molecule has 2 N–H and O–H groups in total. The monoisotopic (exact) mass is 385 g/mol. The molecule has 27 heavy (non-hydrogen) atoms. The third-order valence-corrected chi connectivity index (χ3v) is 5.38. The summed E-state index contributed by atoms with van der Waals surface area (Å²) >= 11 is 5.89. The summed E-state index contributed by atoms with van der Waals surface area (Å²) in [7, 11) is 2.12. The fourth-order valence-corrected chi connectivity index (χ4v) is 3.67. The maximum atomic E-state index is 14.3. The molecule has 0 saturated carbocycles. The molecule has 0 radical (unpaired) electrons. The highest BCUT2D eigenvalue weighted by Gasteiger charge is 2.19. The van der Waals surface area contributed by atoms with Gasteiger partial charge in [-0.3, -0.25) is 0 Å². The van der Waals surface area contributed by atoms with Crippen LogP contribution in [0.2, 0.25) is 5.02 Å². The lowest BCUT2D eigenvalue weighted by Gasteiger charge is -2.33. The van der Waals surface area contributed by atoms with Gasteiger partial charge < -0.3 is 15.5 Å². The van der Waals surface area contributed by atoms with Gasteiger partial charge in [0.25, 0.3) is 0 Å². The van der Waals surface area contributed by atoms with Crippen molar-refractivity contribution >= 4 is 39.7 Å². The van der Waals surface area contributed by atoms with Crippen LogP contribution in [0.5, 0.6) is 0 Å². The molecular formula is C20H21ClFN5. The SMILES string of the molecule is CN(c1ccc2ncnc(Nc3cccc(Cl)c3F)c2c1)C1CCNCC1. The first-order chi connectivity index (χ1) is 13.1. The molecule has 2 heterocycles. The number of aromatic nitrogens is 2. The van der Waals surface area contributed by atoms with Crippen molar-refractivity contribution in [1.29, 1.82) is 0 Å². The lowest BCUT2D eigenvalue weighted by Crippen LogP contribution is -2.41. The zero-order valence-electron chi connectivity index (χ0n) is 15.0. The minimum Gasteiger partial charge on any atom is -0.371 e. The molecule has 0 bridgehead atoms. The first kappa shape index (κ1) is 17.9. The number of nitrogens with zero attached hydrogens (tertiary/aromatic N) is 3. The number of hydrogen-bond acceptors (Lipinski definition) is 5. The van der Waals surface area contributed by atoms with Gasteiger partial charge in [0, 0.05) is 24.2 Å². The van der Waals surface area contributed by atoms with E-state index in [1.807, 2.05) is 6.07 Å². The van der Waals surface area contributed by atoms with Crippen molar-refractivity contribution in [3.05, 3.63) is 53.6 Å². The maximum absolute atomic E-state index is 14.3. The Balaban J connectivity index is 1.70. The van der Waals surface area contributed by atoms with Crippen LogP contribution in [0.25, 0.3) is 10.9 Å². The summed E-state index contributed by atoms with van der Waals surface area (Å²) in [6.07, 6.45) is 3.70. The number of fused-ring (bicyclic) bond motifs is 1. The van der Waals surface area contributed by atoms with Gasteiger partial charge in [-0.1, -0.05) is 17.7 Å². The average molecular weight is 386 g/mol. The molecule has 4 rings (SSSR count). The molecule has 0 atom stereocenters. The van der Waals surface area contributed by atoms with Gasteiger partial charge >= 0.3 is 0 Å². The molecule has 5 nitrogen and oxygen atoms in total. The molecule has 1 saturated heterocycles. The second-order valence-electron chi connectivity index (χ2n) is 6.74. The molecule has 3 aromatic rings. The third-order valence-electron chi connectivity index (χ3n) is 5.09. The lowest BCUT2D eigenvalue weighted by molar-refractivity contribution is 0.443. The Kier molecular flexibility index (Phi) is 5.09. The van der Waals surface area contributed by atoms with Crippen molar-refractivity contribution in [1.82, 2.24) is 15.3 Å². The van der Waals surface area contributed by atoms with E-state index in [4.69, 9.17) is 11.6 Å². The lowest BCUT2D eigenvalue weighted by atomic mass is 10.0. The second kappa shape index (κ2) is 7.66. The van der Waals surface area contributed by atoms with Gasteiger partial charge in [0.15, 0.2) is 5.82 Å². The quantitative estimate of drug-likeness (QED) is 0.699. The van der Waals surface area contributed by atoms with Crippen LogP contribution < -0.4 is 15.5 Å².